The molecule has 1 unspecified atom stereocenters. The summed E-state index contributed by atoms with van der Waals surface area (Å²) in [6.45, 7) is 1.86. The van der Waals surface area contributed by atoms with Crippen molar-refractivity contribution < 1.29 is 14.3 Å². The number of carbonyl (C=O) groups is 1. The summed E-state index contributed by atoms with van der Waals surface area (Å²) in [6.07, 6.45) is 1.91. The lowest BCUT2D eigenvalue weighted by Gasteiger charge is -2.27. The van der Waals surface area contributed by atoms with Gasteiger partial charge in [0, 0.05) is 17.3 Å². The predicted molar refractivity (Wildman–Crippen MR) is 96.6 cm³/mol. The van der Waals surface area contributed by atoms with Crippen LogP contribution in [0.25, 0.3) is 0 Å². The lowest BCUT2D eigenvalue weighted by Crippen LogP contribution is -2.34. The summed E-state index contributed by atoms with van der Waals surface area (Å²) in [7, 11) is 0. The quantitative estimate of drug-likeness (QED) is 0.861. The van der Waals surface area contributed by atoms with Gasteiger partial charge in [0.05, 0.1) is 6.04 Å². The van der Waals surface area contributed by atoms with Gasteiger partial charge in [0.1, 0.15) is 13.2 Å². The molecule has 0 radical (unpaired) electrons. The molecule has 2 aromatic rings. The molecule has 6 heteroatoms. The minimum Gasteiger partial charge on any atom is -0.486 e. The number of ether oxygens (including phenoxy) is 2. The number of amides is 2. The van der Waals surface area contributed by atoms with E-state index in [1.54, 1.807) is 12.1 Å². The van der Waals surface area contributed by atoms with Gasteiger partial charge < -0.3 is 19.7 Å². The van der Waals surface area contributed by atoms with Gasteiger partial charge in [-0.15, -0.1) is 0 Å². The van der Waals surface area contributed by atoms with Crippen LogP contribution in [0.1, 0.15) is 24.4 Å². The van der Waals surface area contributed by atoms with Gasteiger partial charge in [0.25, 0.3) is 0 Å². The minimum atomic E-state index is -0.111. The molecule has 0 aliphatic carbocycles. The molecular weight excluding hydrogens is 340 g/mol. The van der Waals surface area contributed by atoms with Crippen molar-refractivity contribution in [1.82, 2.24) is 4.90 Å². The van der Waals surface area contributed by atoms with E-state index in [4.69, 9.17) is 21.1 Å². The van der Waals surface area contributed by atoms with Gasteiger partial charge in [-0.2, -0.15) is 0 Å². The van der Waals surface area contributed by atoms with Gasteiger partial charge >= 0.3 is 6.03 Å². The number of hydrogen-bond acceptors (Lipinski definition) is 3. The molecule has 0 spiro atoms. The molecule has 1 N–H and O–H groups in total. The molecule has 0 aromatic heterocycles. The number of rotatable bonds is 2. The zero-order valence-corrected chi connectivity index (χ0v) is 14.5. The predicted octanol–water partition coefficient (Wildman–Crippen LogP) is 4.48. The number of carbonyl (C=O) groups excluding carboxylic acids is 1. The molecule has 130 valence electrons. The molecule has 25 heavy (non-hydrogen) atoms. The second kappa shape index (κ2) is 6.84. The fraction of sp³-hybridized carbons (Fsp3) is 0.316. The molecule has 2 aliphatic heterocycles. The maximum atomic E-state index is 12.7. The Balaban J connectivity index is 1.53. The van der Waals surface area contributed by atoms with Crippen LogP contribution >= 0.6 is 11.6 Å². The third-order valence-electron chi connectivity index (χ3n) is 4.54. The molecule has 0 saturated carbocycles. The maximum absolute atomic E-state index is 12.7. The van der Waals surface area contributed by atoms with Crippen molar-refractivity contribution in [2.75, 3.05) is 25.1 Å². The van der Waals surface area contributed by atoms with E-state index in [1.165, 1.54) is 0 Å². The van der Waals surface area contributed by atoms with Crippen LogP contribution in [0.15, 0.2) is 42.5 Å². The molecule has 1 atom stereocenters. The number of anilines is 1. The molecule has 2 aliphatic rings. The Morgan fingerprint density at radius 2 is 1.96 bits per heavy atom. The first-order valence-electron chi connectivity index (χ1n) is 8.43. The third-order valence-corrected chi connectivity index (χ3v) is 4.78. The zero-order valence-electron chi connectivity index (χ0n) is 13.7. The van der Waals surface area contributed by atoms with Crippen molar-refractivity contribution in [1.29, 1.82) is 0 Å². The van der Waals surface area contributed by atoms with Gasteiger partial charge in [-0.05, 0) is 48.7 Å². The van der Waals surface area contributed by atoms with Crippen molar-refractivity contribution in [2.45, 2.75) is 18.9 Å². The Bertz CT molecular complexity index is 796. The average molecular weight is 359 g/mol. The SMILES string of the molecule is O=C(Nc1cccc(Cl)c1)N1CCCC1c1ccc2c(c1)OCCO2. The molecule has 1 fully saturated rings. The fourth-order valence-corrected chi connectivity index (χ4v) is 3.58. The van der Waals surface area contributed by atoms with Crippen molar-refractivity contribution in [3.05, 3.63) is 53.1 Å². The van der Waals surface area contributed by atoms with E-state index in [-0.39, 0.29) is 12.1 Å². The van der Waals surface area contributed by atoms with Crippen LogP contribution in [-0.2, 0) is 0 Å². The van der Waals surface area contributed by atoms with E-state index >= 15 is 0 Å². The first-order valence-corrected chi connectivity index (χ1v) is 8.81. The number of likely N-dealkylation sites (tertiary alicyclic amines) is 1. The standard InChI is InChI=1S/C19H19ClN2O3/c20-14-3-1-4-15(12-14)21-19(23)22-8-2-5-16(22)13-6-7-17-18(11-13)25-10-9-24-17/h1,3-4,6-7,11-12,16H,2,5,8-10H2,(H,21,23). The molecule has 5 nitrogen and oxygen atoms in total. The first-order chi connectivity index (χ1) is 12.2. The molecule has 2 amide bonds. The van der Waals surface area contributed by atoms with Gasteiger partial charge in [0.15, 0.2) is 11.5 Å². The van der Waals surface area contributed by atoms with Gasteiger partial charge in [0.2, 0.25) is 0 Å². The van der Waals surface area contributed by atoms with E-state index < -0.39 is 0 Å². The van der Waals surface area contributed by atoms with Crippen molar-refractivity contribution in [3.63, 3.8) is 0 Å². The summed E-state index contributed by atoms with van der Waals surface area (Å²) in [5.74, 6) is 1.52. The van der Waals surface area contributed by atoms with Crippen LogP contribution in [0.4, 0.5) is 10.5 Å². The summed E-state index contributed by atoms with van der Waals surface area (Å²) in [4.78, 5) is 14.6. The van der Waals surface area contributed by atoms with Crippen molar-refractivity contribution in [2.24, 2.45) is 0 Å². The average Bonchev–Trinajstić information content (AvgIpc) is 3.11. The highest BCUT2D eigenvalue weighted by molar-refractivity contribution is 6.30. The topological polar surface area (TPSA) is 50.8 Å². The van der Waals surface area contributed by atoms with Crippen LogP contribution in [-0.4, -0.2) is 30.7 Å². The highest BCUT2D eigenvalue weighted by Crippen LogP contribution is 2.38. The van der Waals surface area contributed by atoms with Gasteiger partial charge in [-0.1, -0.05) is 23.7 Å². The number of halogens is 1. The molecule has 2 heterocycles. The second-order valence-electron chi connectivity index (χ2n) is 6.20. The Kier molecular flexibility index (Phi) is 4.40. The van der Waals surface area contributed by atoms with Crippen LogP contribution < -0.4 is 14.8 Å². The van der Waals surface area contributed by atoms with Gasteiger partial charge in [-0.25, -0.2) is 4.79 Å². The van der Waals surface area contributed by atoms with Crippen molar-refractivity contribution >= 4 is 23.3 Å². The maximum Gasteiger partial charge on any atom is 0.322 e. The lowest BCUT2D eigenvalue weighted by atomic mass is 10.0. The molecule has 0 bridgehead atoms. The number of nitrogens with one attached hydrogen (secondary N) is 1. The van der Waals surface area contributed by atoms with Crippen molar-refractivity contribution in [3.8, 4) is 11.5 Å². The summed E-state index contributed by atoms with van der Waals surface area (Å²) >= 11 is 5.99. The number of hydrogen-bond donors (Lipinski definition) is 1. The normalized spacial score (nSPS) is 18.9. The zero-order chi connectivity index (χ0) is 17.2. The highest BCUT2D eigenvalue weighted by atomic mass is 35.5. The van der Waals surface area contributed by atoms with Crippen LogP contribution in [0, 0.1) is 0 Å². The van der Waals surface area contributed by atoms with E-state index in [0.29, 0.717) is 23.9 Å². The summed E-state index contributed by atoms with van der Waals surface area (Å²) in [5.41, 5.74) is 1.77. The monoisotopic (exact) mass is 358 g/mol. The Morgan fingerprint density at radius 3 is 2.80 bits per heavy atom. The fourth-order valence-electron chi connectivity index (χ4n) is 3.39. The summed E-state index contributed by atoms with van der Waals surface area (Å²) < 4.78 is 11.2. The Morgan fingerprint density at radius 1 is 1.12 bits per heavy atom. The van der Waals surface area contributed by atoms with E-state index in [2.05, 4.69) is 5.32 Å². The van der Waals surface area contributed by atoms with Gasteiger partial charge in [-0.3, -0.25) is 0 Å². The second-order valence-corrected chi connectivity index (χ2v) is 6.63. The highest BCUT2D eigenvalue weighted by Gasteiger charge is 2.31. The minimum absolute atomic E-state index is 0.0370. The number of urea groups is 1. The third kappa shape index (κ3) is 3.37. The summed E-state index contributed by atoms with van der Waals surface area (Å²) in [5, 5.41) is 3.53. The largest absolute Gasteiger partial charge is 0.486 e. The smallest absolute Gasteiger partial charge is 0.322 e. The molecule has 4 rings (SSSR count). The lowest BCUT2D eigenvalue weighted by molar-refractivity contribution is 0.170. The van der Waals surface area contributed by atoms with E-state index in [1.807, 2.05) is 35.2 Å². The van der Waals surface area contributed by atoms with E-state index in [9.17, 15) is 4.79 Å². The van der Waals surface area contributed by atoms with Crippen LogP contribution in [0.2, 0.25) is 5.02 Å². The van der Waals surface area contributed by atoms with E-state index in [0.717, 1.165) is 36.4 Å². The summed E-state index contributed by atoms with van der Waals surface area (Å²) in [6, 6.07) is 13.0. The number of nitrogens with zero attached hydrogens (tertiary/aromatic N) is 1. The first kappa shape index (κ1) is 16.1. The molecule has 2 aromatic carbocycles. The number of benzene rings is 2. The Hall–Kier alpha value is -2.40. The Labute approximate surface area is 151 Å². The van der Waals surface area contributed by atoms with Crippen LogP contribution in [0.3, 0.4) is 0 Å². The van der Waals surface area contributed by atoms with Crippen LogP contribution in [0.5, 0.6) is 11.5 Å². The molecule has 1 saturated heterocycles. The molecular formula is C19H19ClN2O3. The number of fused-ring (bicyclic) bond motifs is 1.